The molecule has 0 aliphatic carbocycles. The molecule has 4 aliphatic rings. The number of hydrogen-bond donors (Lipinski definition) is 0. The smallest absolute Gasteiger partial charge is 0.263 e. The maximum Gasteiger partial charge on any atom is 0.263 e. The van der Waals surface area contributed by atoms with Crippen LogP contribution in [0.5, 0.6) is 0 Å². The molecule has 7 nitrogen and oxygen atoms in total. The van der Waals surface area contributed by atoms with Gasteiger partial charge in [-0.3, -0.25) is 9.59 Å². The van der Waals surface area contributed by atoms with Crippen molar-refractivity contribution in [2.75, 3.05) is 33.7 Å². The van der Waals surface area contributed by atoms with Gasteiger partial charge in [0.1, 0.15) is 16.5 Å². The van der Waals surface area contributed by atoms with E-state index in [9.17, 15) is 9.59 Å². The number of likely N-dealkylation sites (tertiary alicyclic amines) is 2. The van der Waals surface area contributed by atoms with Crippen LogP contribution in [0.4, 0.5) is 0 Å². The maximum atomic E-state index is 14.4. The summed E-state index contributed by atoms with van der Waals surface area (Å²) in [5.41, 5.74) is 2.44. The molecule has 0 saturated carbocycles. The SMILES string of the molecule is CC(C)C1=C(C(=O)N2CCC[C@H]2C(=O)N2CC[C@H](N(C)C)C2)SC2=N[C@@](C)(c3ccc(Cl)cc3)[C@@H](c3ccc(Cl)cc3)N21. The van der Waals surface area contributed by atoms with Crippen molar-refractivity contribution in [3.8, 4) is 0 Å². The lowest BCUT2D eigenvalue weighted by Gasteiger charge is -2.37. The number of allylic oxidation sites excluding steroid dienone is 1. The minimum absolute atomic E-state index is 0.0534. The van der Waals surface area contributed by atoms with Crippen molar-refractivity contribution in [3.05, 3.63) is 80.3 Å². The molecule has 2 aromatic carbocycles. The zero-order chi connectivity index (χ0) is 30.6. The minimum Gasteiger partial charge on any atom is -0.339 e. The highest BCUT2D eigenvalue weighted by Gasteiger charge is 2.54. The Labute approximate surface area is 268 Å². The van der Waals surface area contributed by atoms with E-state index in [0.29, 0.717) is 34.0 Å². The average Bonchev–Trinajstić information content (AvgIpc) is 3.76. The minimum atomic E-state index is -0.625. The lowest BCUT2D eigenvalue weighted by molar-refractivity contribution is -0.141. The molecular formula is C33H39Cl2N5O2S. The summed E-state index contributed by atoms with van der Waals surface area (Å²) < 4.78 is 0. The average molecular weight is 641 g/mol. The molecule has 4 heterocycles. The third-order valence-electron chi connectivity index (χ3n) is 9.37. The summed E-state index contributed by atoms with van der Waals surface area (Å²) in [6.45, 7) is 8.45. The van der Waals surface area contributed by atoms with Crippen LogP contribution in [0.15, 0.2) is 64.1 Å². The number of thioether (sulfide) groups is 1. The molecule has 0 radical (unpaired) electrons. The van der Waals surface area contributed by atoms with Gasteiger partial charge in [0, 0.05) is 41.4 Å². The summed E-state index contributed by atoms with van der Waals surface area (Å²) in [6.07, 6.45) is 2.50. The topological polar surface area (TPSA) is 59.5 Å². The second-order valence-corrected chi connectivity index (χ2v) is 14.5. The molecule has 228 valence electrons. The Hall–Kier alpha value is -2.52. The van der Waals surface area contributed by atoms with Crippen molar-refractivity contribution in [3.63, 3.8) is 0 Å². The number of hydrogen-bond acceptors (Lipinski definition) is 6. The largest absolute Gasteiger partial charge is 0.339 e. The van der Waals surface area contributed by atoms with Gasteiger partial charge in [0.15, 0.2) is 5.17 Å². The van der Waals surface area contributed by atoms with Crippen LogP contribution in [0, 0.1) is 5.92 Å². The molecule has 6 rings (SSSR count). The van der Waals surface area contributed by atoms with E-state index in [-0.39, 0.29) is 23.8 Å². The third-order valence-corrected chi connectivity index (χ3v) is 10.9. The molecule has 2 saturated heterocycles. The monoisotopic (exact) mass is 639 g/mol. The Morgan fingerprint density at radius 3 is 2.26 bits per heavy atom. The second kappa shape index (κ2) is 11.8. The molecule has 43 heavy (non-hydrogen) atoms. The van der Waals surface area contributed by atoms with Gasteiger partial charge in [0.25, 0.3) is 5.91 Å². The first-order valence-corrected chi connectivity index (χ1v) is 16.7. The van der Waals surface area contributed by atoms with Crippen LogP contribution in [0.25, 0.3) is 0 Å². The Morgan fingerprint density at radius 1 is 1.00 bits per heavy atom. The Kier molecular flexibility index (Phi) is 8.35. The van der Waals surface area contributed by atoms with Crippen LogP contribution in [-0.2, 0) is 15.1 Å². The first kappa shape index (κ1) is 30.5. The number of amidine groups is 1. The quantitative estimate of drug-likeness (QED) is 0.367. The molecule has 0 unspecified atom stereocenters. The number of aliphatic imine (C=N–C) groups is 1. The van der Waals surface area contributed by atoms with Crippen molar-refractivity contribution < 1.29 is 9.59 Å². The predicted octanol–water partition coefficient (Wildman–Crippen LogP) is 6.39. The summed E-state index contributed by atoms with van der Waals surface area (Å²) in [5, 5.41) is 2.15. The first-order valence-electron chi connectivity index (χ1n) is 15.1. The van der Waals surface area contributed by atoms with Crippen molar-refractivity contribution in [1.82, 2.24) is 19.6 Å². The van der Waals surface area contributed by atoms with Gasteiger partial charge in [0.2, 0.25) is 5.91 Å². The normalized spacial score (nSPS) is 27.1. The van der Waals surface area contributed by atoms with E-state index in [1.165, 1.54) is 11.8 Å². The summed E-state index contributed by atoms with van der Waals surface area (Å²) in [6, 6.07) is 15.5. The standard InChI is InChI=1S/C33H39Cl2N5O2S/c1-20(2)27-28(31(42)39-17-6-7-26(39)30(41)38-18-16-25(19-38)37(4)5)43-32-36-33(3,22-10-14-24(35)15-11-22)29(40(27)32)21-8-12-23(34)13-9-21/h8-15,20,25-26,29H,6-7,16-19H2,1-5H3/t25-,26-,29+,33-/m0/s1. The number of fused-ring (bicyclic) bond motifs is 1. The van der Waals surface area contributed by atoms with Gasteiger partial charge in [0.05, 0.1) is 6.04 Å². The zero-order valence-corrected chi connectivity index (χ0v) is 27.7. The zero-order valence-electron chi connectivity index (χ0n) is 25.4. The summed E-state index contributed by atoms with van der Waals surface area (Å²) in [5.74, 6) is 0.0721. The maximum absolute atomic E-state index is 14.4. The molecule has 4 aliphatic heterocycles. The van der Waals surface area contributed by atoms with E-state index in [4.69, 9.17) is 28.2 Å². The van der Waals surface area contributed by atoms with Gasteiger partial charge in [-0.1, -0.05) is 61.3 Å². The highest BCUT2D eigenvalue weighted by Crippen LogP contribution is 2.56. The molecule has 0 bridgehead atoms. The van der Waals surface area contributed by atoms with E-state index in [1.807, 2.05) is 58.3 Å². The van der Waals surface area contributed by atoms with Crippen molar-refractivity contribution in [1.29, 1.82) is 0 Å². The number of nitrogens with zero attached hydrogens (tertiary/aromatic N) is 5. The number of likely N-dealkylation sites (N-methyl/N-ethyl adjacent to an activating group) is 1. The lowest BCUT2D eigenvalue weighted by atomic mass is 9.81. The number of rotatable bonds is 6. The molecule has 2 aromatic rings. The highest BCUT2D eigenvalue weighted by atomic mass is 35.5. The molecule has 2 amide bonds. The molecule has 0 N–H and O–H groups in total. The van der Waals surface area contributed by atoms with E-state index in [0.717, 1.165) is 47.9 Å². The number of benzene rings is 2. The Morgan fingerprint density at radius 2 is 1.65 bits per heavy atom. The van der Waals surface area contributed by atoms with E-state index in [1.54, 1.807) is 0 Å². The van der Waals surface area contributed by atoms with Crippen LogP contribution >= 0.6 is 35.0 Å². The van der Waals surface area contributed by atoms with Crippen molar-refractivity contribution in [2.45, 2.75) is 63.7 Å². The fourth-order valence-electron chi connectivity index (χ4n) is 7.04. The van der Waals surface area contributed by atoms with Gasteiger partial charge in [-0.15, -0.1) is 0 Å². The molecule has 10 heteroatoms. The fraction of sp³-hybridized carbons (Fsp3) is 0.485. The number of halogens is 2. The molecular weight excluding hydrogens is 601 g/mol. The van der Waals surface area contributed by atoms with Gasteiger partial charge < -0.3 is 19.6 Å². The lowest BCUT2D eigenvalue weighted by Crippen LogP contribution is -2.48. The molecule has 0 aromatic heterocycles. The number of carbonyl (C=O) groups excluding carboxylic acids is 2. The second-order valence-electron chi connectivity index (χ2n) is 12.7. The van der Waals surface area contributed by atoms with Crippen molar-refractivity contribution in [2.24, 2.45) is 10.9 Å². The Bertz CT molecular complexity index is 1480. The van der Waals surface area contributed by atoms with Gasteiger partial charge in [-0.05, 0) is 93.4 Å². The third kappa shape index (κ3) is 5.39. The van der Waals surface area contributed by atoms with Gasteiger partial charge >= 0.3 is 0 Å². The van der Waals surface area contributed by atoms with Crippen molar-refractivity contribution >= 4 is 51.9 Å². The Balaban J connectivity index is 1.36. The summed E-state index contributed by atoms with van der Waals surface area (Å²) >= 11 is 14.0. The van der Waals surface area contributed by atoms with Crippen LogP contribution in [0.2, 0.25) is 10.0 Å². The fourth-order valence-corrected chi connectivity index (χ4v) is 8.65. The van der Waals surface area contributed by atoms with Crippen LogP contribution in [0.3, 0.4) is 0 Å². The molecule has 2 fully saturated rings. The van der Waals surface area contributed by atoms with Crippen LogP contribution in [-0.4, -0.2) is 82.4 Å². The number of carbonyl (C=O) groups is 2. The molecule has 0 spiro atoms. The van der Waals surface area contributed by atoms with Crippen LogP contribution < -0.4 is 0 Å². The predicted molar refractivity (Wildman–Crippen MR) is 175 cm³/mol. The summed E-state index contributed by atoms with van der Waals surface area (Å²) in [4.78, 5) is 42.4. The summed E-state index contributed by atoms with van der Waals surface area (Å²) in [7, 11) is 4.12. The van der Waals surface area contributed by atoms with E-state index < -0.39 is 11.6 Å². The van der Waals surface area contributed by atoms with Gasteiger partial charge in [-0.25, -0.2) is 4.99 Å². The van der Waals surface area contributed by atoms with E-state index in [2.05, 4.69) is 44.7 Å². The highest BCUT2D eigenvalue weighted by molar-refractivity contribution is 8.18. The van der Waals surface area contributed by atoms with Gasteiger partial charge in [-0.2, -0.15) is 0 Å². The van der Waals surface area contributed by atoms with Crippen LogP contribution in [0.1, 0.15) is 57.2 Å². The molecule has 4 atom stereocenters. The number of amides is 2. The first-order chi connectivity index (χ1) is 20.5. The van der Waals surface area contributed by atoms with E-state index >= 15 is 0 Å².